The number of hydrogen-bond donors (Lipinski definition) is 3. The maximum Gasteiger partial charge on any atom is 0.472 e. The van der Waals surface area contributed by atoms with Crippen LogP contribution in [0.4, 0.5) is 0 Å². The number of amides is 1. The number of nitrogens with one attached hydrogen (secondary N) is 1. The number of quaternary nitrogens is 1. The molecule has 0 rings (SSSR count). The van der Waals surface area contributed by atoms with Crippen molar-refractivity contribution >= 4 is 13.7 Å². The lowest BCUT2D eigenvalue weighted by atomic mass is 10.0. The normalized spacial score (nSPS) is 14.3. The topological polar surface area (TPSA) is 105 Å². The molecule has 0 bridgehead atoms. The minimum atomic E-state index is -4.36. The summed E-state index contributed by atoms with van der Waals surface area (Å²) >= 11 is 0. The smallest absolute Gasteiger partial charge is 0.387 e. The number of hydrogen-bond acceptors (Lipinski definition) is 5. The van der Waals surface area contributed by atoms with Gasteiger partial charge in [-0.15, -0.1) is 0 Å². The van der Waals surface area contributed by atoms with Crippen molar-refractivity contribution in [3.8, 4) is 0 Å². The van der Waals surface area contributed by atoms with Crippen LogP contribution in [-0.2, 0) is 18.4 Å². The zero-order chi connectivity index (χ0) is 49.2. The maximum absolute atomic E-state index is 12.9. The van der Waals surface area contributed by atoms with Crippen molar-refractivity contribution in [3.63, 3.8) is 0 Å². The Kier molecular flexibility index (Phi) is 48.3. The number of carbonyl (C=O) groups excluding carboxylic acids is 1. The van der Waals surface area contributed by atoms with Crippen LogP contribution >= 0.6 is 7.82 Å². The molecule has 0 fully saturated rings. The zero-order valence-corrected chi connectivity index (χ0v) is 45.8. The number of unbranched alkanes of at least 4 members (excludes halogenated alkanes) is 33. The Hall–Kier alpha value is -1.54. The van der Waals surface area contributed by atoms with Gasteiger partial charge in [0, 0.05) is 6.42 Å². The first-order valence-electron chi connectivity index (χ1n) is 28.5. The lowest BCUT2D eigenvalue weighted by molar-refractivity contribution is -0.870. The van der Waals surface area contributed by atoms with E-state index in [1.807, 2.05) is 27.2 Å². The van der Waals surface area contributed by atoms with Crippen molar-refractivity contribution in [2.45, 2.75) is 276 Å². The van der Waals surface area contributed by atoms with Crippen LogP contribution in [0.1, 0.15) is 264 Å². The Morgan fingerprint density at radius 1 is 0.507 bits per heavy atom. The monoisotopic (exact) mass is 964 g/mol. The number of nitrogens with zero attached hydrogens (tertiary/aromatic N) is 1. The molecule has 67 heavy (non-hydrogen) atoms. The SMILES string of the molecule is CCC/C=C\C/C=C\CCCCCCCC(=O)NC(COP(=O)(O)OCC[N+](C)(C)C)C(O)/C=C/CC/C=C/CCCCCCCCCCCCCCCCCCCCCCCCCCCC. The molecule has 0 saturated heterocycles. The third-order valence-electron chi connectivity index (χ3n) is 12.8. The van der Waals surface area contributed by atoms with Crippen LogP contribution in [0.15, 0.2) is 48.6 Å². The van der Waals surface area contributed by atoms with Gasteiger partial charge >= 0.3 is 7.82 Å². The molecule has 394 valence electrons. The molecule has 0 saturated carbocycles. The summed E-state index contributed by atoms with van der Waals surface area (Å²) in [6.45, 7) is 4.73. The molecule has 9 heteroatoms. The molecule has 1 amide bonds. The Balaban J connectivity index is 4.11. The average Bonchev–Trinajstić information content (AvgIpc) is 3.29. The van der Waals surface area contributed by atoms with Gasteiger partial charge in [0.2, 0.25) is 5.91 Å². The summed E-state index contributed by atoms with van der Waals surface area (Å²) in [5, 5.41) is 13.9. The van der Waals surface area contributed by atoms with Gasteiger partial charge in [-0.2, -0.15) is 0 Å². The Labute approximate surface area is 416 Å². The third-order valence-corrected chi connectivity index (χ3v) is 13.7. The van der Waals surface area contributed by atoms with E-state index in [2.05, 4.69) is 55.6 Å². The van der Waals surface area contributed by atoms with Crippen molar-refractivity contribution in [3.05, 3.63) is 48.6 Å². The molecule has 8 nitrogen and oxygen atoms in total. The second-order valence-corrected chi connectivity index (χ2v) is 22.1. The van der Waals surface area contributed by atoms with Crippen molar-refractivity contribution in [1.82, 2.24) is 5.32 Å². The van der Waals surface area contributed by atoms with Gasteiger partial charge in [-0.05, 0) is 57.8 Å². The molecule has 3 N–H and O–H groups in total. The summed E-state index contributed by atoms with van der Waals surface area (Å²) in [6.07, 6.45) is 65.3. The number of allylic oxidation sites excluding steroid dienone is 7. The van der Waals surface area contributed by atoms with Gasteiger partial charge in [-0.1, -0.05) is 249 Å². The van der Waals surface area contributed by atoms with Crippen LogP contribution in [0.2, 0.25) is 0 Å². The van der Waals surface area contributed by atoms with Gasteiger partial charge in [0.25, 0.3) is 0 Å². The molecule has 0 aromatic heterocycles. The van der Waals surface area contributed by atoms with Gasteiger partial charge in [-0.3, -0.25) is 13.8 Å². The number of rotatable bonds is 52. The Morgan fingerprint density at radius 2 is 0.896 bits per heavy atom. The van der Waals surface area contributed by atoms with Crippen LogP contribution in [0.5, 0.6) is 0 Å². The highest BCUT2D eigenvalue weighted by atomic mass is 31.2. The number of aliphatic hydroxyl groups excluding tert-OH is 1. The fourth-order valence-electron chi connectivity index (χ4n) is 8.27. The van der Waals surface area contributed by atoms with Crippen LogP contribution < -0.4 is 5.32 Å². The molecular weight excluding hydrogens is 852 g/mol. The second-order valence-electron chi connectivity index (χ2n) is 20.7. The van der Waals surface area contributed by atoms with Gasteiger partial charge < -0.3 is 19.8 Å². The predicted octanol–water partition coefficient (Wildman–Crippen LogP) is 17.2. The van der Waals surface area contributed by atoms with Crippen LogP contribution in [0, 0.1) is 0 Å². The van der Waals surface area contributed by atoms with E-state index >= 15 is 0 Å². The number of likely N-dealkylation sites (N-methyl/N-ethyl adjacent to an activating group) is 1. The molecule has 0 radical (unpaired) electrons. The standard InChI is InChI=1S/C58H111N2O6P/c1-6-8-10-12-14-16-18-20-21-22-23-24-25-26-27-28-29-30-31-32-33-34-35-36-37-38-40-41-43-45-47-49-51-57(61)56(55-66-67(63,64)65-54-53-60(3,4)5)59-58(62)52-50-48-46-44-42-39-19-17-15-13-11-9-7-2/h11,13,17,19,41,43,49,51,56-57,61H,6-10,12,14-16,18,20-40,42,44-48,50,52-55H2,1-5H3,(H-,59,62,63,64)/p+1/b13-11-,19-17-,43-41+,51-49+. The quantitative estimate of drug-likeness (QED) is 0.0243. The molecule has 3 unspecified atom stereocenters. The van der Waals surface area contributed by atoms with Gasteiger partial charge in [0.15, 0.2) is 0 Å². The first kappa shape index (κ1) is 65.5. The Morgan fingerprint density at radius 3 is 1.34 bits per heavy atom. The van der Waals surface area contributed by atoms with Crippen LogP contribution in [-0.4, -0.2) is 73.4 Å². The summed E-state index contributed by atoms with van der Waals surface area (Å²) in [7, 11) is 1.54. The molecule has 3 atom stereocenters. The molecule has 0 spiro atoms. The second kappa shape index (κ2) is 49.4. The van der Waals surface area contributed by atoms with Crippen LogP contribution in [0.3, 0.4) is 0 Å². The van der Waals surface area contributed by atoms with Gasteiger partial charge in [-0.25, -0.2) is 4.57 Å². The molecule has 0 aliphatic rings. The number of carbonyl (C=O) groups is 1. The lowest BCUT2D eigenvalue weighted by Gasteiger charge is -2.25. The highest BCUT2D eigenvalue weighted by Gasteiger charge is 2.27. The summed E-state index contributed by atoms with van der Waals surface area (Å²) < 4.78 is 23.6. The third kappa shape index (κ3) is 52.1. The predicted molar refractivity (Wildman–Crippen MR) is 291 cm³/mol. The van der Waals surface area contributed by atoms with E-state index in [0.29, 0.717) is 17.4 Å². The fraction of sp³-hybridized carbons (Fsp3) is 0.845. The maximum atomic E-state index is 12.9. The highest BCUT2D eigenvalue weighted by Crippen LogP contribution is 2.43. The minimum Gasteiger partial charge on any atom is -0.387 e. The van der Waals surface area contributed by atoms with E-state index in [-0.39, 0.29) is 19.1 Å². The lowest BCUT2D eigenvalue weighted by Crippen LogP contribution is -2.45. The van der Waals surface area contributed by atoms with Gasteiger partial charge in [0.1, 0.15) is 13.2 Å². The van der Waals surface area contributed by atoms with E-state index in [9.17, 15) is 19.4 Å². The highest BCUT2D eigenvalue weighted by molar-refractivity contribution is 7.47. The van der Waals surface area contributed by atoms with E-state index in [4.69, 9.17) is 9.05 Å². The minimum absolute atomic E-state index is 0.0522. The van der Waals surface area contributed by atoms with Crippen molar-refractivity contribution in [1.29, 1.82) is 0 Å². The summed E-state index contributed by atoms with van der Waals surface area (Å²) in [5.74, 6) is -0.201. The van der Waals surface area contributed by atoms with Crippen molar-refractivity contribution < 1.29 is 32.9 Å². The van der Waals surface area contributed by atoms with E-state index < -0.39 is 20.0 Å². The van der Waals surface area contributed by atoms with Crippen molar-refractivity contribution in [2.24, 2.45) is 0 Å². The molecule has 0 aromatic carbocycles. The largest absolute Gasteiger partial charge is 0.472 e. The summed E-state index contributed by atoms with van der Waals surface area (Å²) in [4.78, 5) is 23.2. The molecule has 0 heterocycles. The molecule has 0 aliphatic carbocycles. The molecular formula is C58H112N2O6P+. The number of phosphoric ester groups is 1. The van der Waals surface area contributed by atoms with Crippen LogP contribution in [0.25, 0.3) is 0 Å². The molecule has 0 aromatic rings. The first-order valence-corrected chi connectivity index (χ1v) is 30.0. The van der Waals surface area contributed by atoms with E-state index in [1.54, 1.807) is 6.08 Å². The summed E-state index contributed by atoms with van der Waals surface area (Å²) in [6, 6.07) is -0.871. The van der Waals surface area contributed by atoms with Crippen molar-refractivity contribution in [2.75, 3.05) is 40.9 Å². The first-order chi connectivity index (χ1) is 32.5. The molecule has 0 aliphatic heterocycles. The average molecular weight is 965 g/mol. The van der Waals surface area contributed by atoms with E-state index in [0.717, 1.165) is 70.6 Å². The number of aliphatic hydroxyl groups is 1. The Bertz CT molecular complexity index is 1230. The van der Waals surface area contributed by atoms with Gasteiger partial charge in [0.05, 0.1) is 39.9 Å². The van der Waals surface area contributed by atoms with E-state index in [1.165, 1.54) is 173 Å². The zero-order valence-electron chi connectivity index (χ0n) is 44.9. The summed E-state index contributed by atoms with van der Waals surface area (Å²) in [5.41, 5.74) is 0. The fourth-order valence-corrected chi connectivity index (χ4v) is 9.01. The number of phosphoric acid groups is 1.